The van der Waals surface area contributed by atoms with E-state index in [-0.39, 0.29) is 35.5 Å². The van der Waals surface area contributed by atoms with Gasteiger partial charge in [0.2, 0.25) is 10.0 Å². The fraction of sp³-hybridized carbons (Fsp3) is 0.591. The van der Waals surface area contributed by atoms with Crippen molar-refractivity contribution in [2.24, 2.45) is 5.92 Å². The van der Waals surface area contributed by atoms with Crippen molar-refractivity contribution >= 4 is 34.0 Å². The second kappa shape index (κ2) is 9.79. The first-order chi connectivity index (χ1) is 14.3. The van der Waals surface area contributed by atoms with E-state index >= 15 is 0 Å². The molecule has 1 fully saturated rings. The van der Waals surface area contributed by atoms with Gasteiger partial charge in [0, 0.05) is 23.2 Å². The molecule has 9 heteroatoms. The molecule has 0 amide bonds. The number of aromatic nitrogens is 2. The quantitative estimate of drug-likeness (QED) is 0.593. The van der Waals surface area contributed by atoms with Crippen LogP contribution in [0.4, 0.5) is 0 Å². The van der Waals surface area contributed by atoms with Crippen molar-refractivity contribution in [1.82, 2.24) is 19.8 Å². The van der Waals surface area contributed by atoms with E-state index < -0.39 is 10.0 Å². The van der Waals surface area contributed by atoms with Gasteiger partial charge in [-0.1, -0.05) is 44.0 Å². The lowest BCUT2D eigenvalue weighted by atomic mass is 9.58. The highest BCUT2D eigenvalue weighted by Gasteiger charge is 2.48. The first kappa shape index (κ1) is 24.5. The molecule has 2 aromatic rings. The van der Waals surface area contributed by atoms with Crippen LogP contribution in [0.3, 0.4) is 0 Å². The maximum atomic E-state index is 12.1. The molecule has 1 aromatic heterocycles. The van der Waals surface area contributed by atoms with E-state index in [1.165, 1.54) is 17.5 Å². The fourth-order valence-corrected chi connectivity index (χ4v) is 6.35. The van der Waals surface area contributed by atoms with Crippen LogP contribution >= 0.6 is 24.0 Å². The summed E-state index contributed by atoms with van der Waals surface area (Å²) in [6.07, 6.45) is 6.52. The highest BCUT2D eigenvalue weighted by molar-refractivity contribution is 7.89. The normalized spacial score (nSPS) is 20.1. The maximum absolute atomic E-state index is 12.1. The standard InChI is InChI=1S/C22H31ClN4O2S.ClH/c1-16(2)15-30(28,29)25-12-13-27-14-17-8-11-24-21(20(17)26-27)22(9-3-10-22)18-4-6-19(23)7-5-18;/h4-7,14,16,21,24-25H,3,8-13,15H2,1-2H3;1H. The number of halogens is 2. The zero-order valence-electron chi connectivity index (χ0n) is 18.1. The third-order valence-corrected chi connectivity index (χ3v) is 8.32. The predicted octanol–water partition coefficient (Wildman–Crippen LogP) is 3.84. The molecular formula is C22H32Cl2N4O2S. The molecule has 31 heavy (non-hydrogen) atoms. The number of sulfonamides is 1. The van der Waals surface area contributed by atoms with E-state index in [1.54, 1.807) is 0 Å². The Morgan fingerprint density at radius 2 is 2.00 bits per heavy atom. The smallest absolute Gasteiger partial charge is 0.211 e. The lowest BCUT2D eigenvalue weighted by Gasteiger charge is -2.49. The lowest BCUT2D eigenvalue weighted by molar-refractivity contribution is 0.161. The molecule has 0 radical (unpaired) electrons. The number of hydrogen-bond acceptors (Lipinski definition) is 4. The first-order valence-electron chi connectivity index (χ1n) is 10.8. The van der Waals surface area contributed by atoms with Crippen molar-refractivity contribution in [3.05, 3.63) is 52.3 Å². The minimum absolute atomic E-state index is 0. The molecule has 1 aliphatic heterocycles. The van der Waals surface area contributed by atoms with Crippen molar-refractivity contribution in [3.63, 3.8) is 0 Å². The Balaban J connectivity index is 0.00000272. The van der Waals surface area contributed by atoms with Gasteiger partial charge in [0.05, 0.1) is 24.0 Å². The molecule has 0 bridgehead atoms. The Labute approximate surface area is 196 Å². The van der Waals surface area contributed by atoms with Crippen molar-refractivity contribution in [1.29, 1.82) is 0 Å². The Morgan fingerprint density at radius 1 is 1.29 bits per heavy atom. The van der Waals surface area contributed by atoms with Gasteiger partial charge >= 0.3 is 0 Å². The summed E-state index contributed by atoms with van der Waals surface area (Å²) >= 11 is 6.12. The van der Waals surface area contributed by atoms with Crippen molar-refractivity contribution in [2.75, 3.05) is 18.8 Å². The zero-order chi connectivity index (χ0) is 21.4. The third-order valence-electron chi connectivity index (χ3n) is 6.32. The van der Waals surface area contributed by atoms with Gasteiger partial charge in [-0.15, -0.1) is 12.4 Å². The summed E-state index contributed by atoms with van der Waals surface area (Å²) in [6.45, 7) is 5.64. The fourth-order valence-electron chi connectivity index (χ4n) is 4.83. The summed E-state index contributed by atoms with van der Waals surface area (Å²) in [5.41, 5.74) is 3.75. The molecule has 2 aliphatic rings. The van der Waals surface area contributed by atoms with Crippen molar-refractivity contribution < 1.29 is 8.42 Å². The second-order valence-corrected chi connectivity index (χ2v) is 11.3. The number of rotatable bonds is 8. The number of hydrogen-bond donors (Lipinski definition) is 2. The topological polar surface area (TPSA) is 76.0 Å². The molecule has 1 unspecified atom stereocenters. The summed E-state index contributed by atoms with van der Waals surface area (Å²) in [4.78, 5) is 0. The number of fused-ring (bicyclic) bond motifs is 1. The Bertz CT molecular complexity index is 985. The van der Waals surface area contributed by atoms with Crippen molar-refractivity contribution in [2.45, 2.75) is 57.5 Å². The summed E-state index contributed by atoms with van der Waals surface area (Å²) in [5, 5.41) is 9.38. The molecule has 2 heterocycles. The van der Waals surface area contributed by atoms with E-state index in [4.69, 9.17) is 16.7 Å². The van der Waals surface area contributed by atoms with Gasteiger partial charge in [-0.05, 0) is 55.0 Å². The third kappa shape index (κ3) is 5.28. The van der Waals surface area contributed by atoms with Crippen molar-refractivity contribution in [3.8, 4) is 0 Å². The summed E-state index contributed by atoms with van der Waals surface area (Å²) in [7, 11) is -3.24. The highest BCUT2D eigenvalue weighted by atomic mass is 35.5. The molecular weight excluding hydrogens is 455 g/mol. The van der Waals surface area contributed by atoms with E-state index in [9.17, 15) is 8.42 Å². The van der Waals surface area contributed by atoms with Gasteiger partial charge in [-0.3, -0.25) is 4.68 Å². The molecule has 1 atom stereocenters. The summed E-state index contributed by atoms with van der Waals surface area (Å²) in [5.74, 6) is 0.260. The molecule has 172 valence electrons. The Kier molecular flexibility index (Phi) is 7.75. The number of benzene rings is 1. The van der Waals surface area contributed by atoms with Gasteiger partial charge in [0.25, 0.3) is 0 Å². The van der Waals surface area contributed by atoms with Crippen LogP contribution in [0.5, 0.6) is 0 Å². The minimum atomic E-state index is -3.24. The van der Waals surface area contributed by atoms with Gasteiger partial charge in [0.15, 0.2) is 0 Å². The lowest BCUT2D eigenvalue weighted by Crippen LogP contribution is -2.49. The molecule has 1 aliphatic carbocycles. The van der Waals surface area contributed by atoms with Crippen LogP contribution in [-0.4, -0.2) is 37.0 Å². The summed E-state index contributed by atoms with van der Waals surface area (Å²) in [6, 6.07) is 8.43. The van der Waals surface area contributed by atoms with Crippen LogP contribution in [-0.2, 0) is 28.4 Å². The van der Waals surface area contributed by atoms with E-state index in [1.807, 2.05) is 30.7 Å². The molecule has 4 rings (SSSR count). The Hall–Kier alpha value is -1.12. The van der Waals surface area contributed by atoms with Crippen LogP contribution in [0.15, 0.2) is 30.5 Å². The highest BCUT2D eigenvalue weighted by Crippen LogP contribution is 2.53. The molecule has 1 saturated carbocycles. The summed E-state index contributed by atoms with van der Waals surface area (Å²) < 4.78 is 28.7. The average Bonchev–Trinajstić information content (AvgIpc) is 3.04. The van der Waals surface area contributed by atoms with Gasteiger partial charge < -0.3 is 5.32 Å². The molecule has 1 aromatic carbocycles. The minimum Gasteiger partial charge on any atom is -0.307 e. The van der Waals surface area contributed by atoms with E-state index in [0.29, 0.717) is 13.1 Å². The Morgan fingerprint density at radius 3 is 2.61 bits per heavy atom. The molecule has 0 spiro atoms. The van der Waals surface area contributed by atoms with Crippen LogP contribution in [0.2, 0.25) is 5.02 Å². The van der Waals surface area contributed by atoms with Crippen LogP contribution in [0.25, 0.3) is 0 Å². The van der Waals surface area contributed by atoms with Gasteiger partial charge in [-0.2, -0.15) is 5.10 Å². The first-order valence-corrected chi connectivity index (χ1v) is 12.9. The van der Waals surface area contributed by atoms with Gasteiger partial charge in [0.1, 0.15) is 0 Å². The average molecular weight is 487 g/mol. The van der Waals surface area contributed by atoms with Crippen LogP contribution < -0.4 is 10.0 Å². The molecule has 6 nitrogen and oxygen atoms in total. The van der Waals surface area contributed by atoms with Gasteiger partial charge in [-0.25, -0.2) is 13.1 Å². The molecule has 0 saturated heterocycles. The number of nitrogens with zero attached hydrogens (tertiary/aromatic N) is 2. The zero-order valence-corrected chi connectivity index (χ0v) is 20.5. The SMILES string of the molecule is CC(C)CS(=O)(=O)NCCn1cc2c(n1)C(C1(c3ccc(Cl)cc3)CCC1)NCC2.Cl. The van der Waals surface area contributed by atoms with E-state index in [0.717, 1.165) is 36.5 Å². The maximum Gasteiger partial charge on any atom is 0.211 e. The number of nitrogens with one attached hydrogen (secondary N) is 2. The predicted molar refractivity (Wildman–Crippen MR) is 128 cm³/mol. The van der Waals surface area contributed by atoms with Crippen LogP contribution in [0, 0.1) is 5.92 Å². The second-order valence-electron chi connectivity index (χ2n) is 9.03. The molecule has 2 N–H and O–H groups in total. The largest absolute Gasteiger partial charge is 0.307 e. The van der Waals surface area contributed by atoms with Crippen LogP contribution in [0.1, 0.15) is 56.0 Å². The monoisotopic (exact) mass is 486 g/mol. The van der Waals surface area contributed by atoms with E-state index in [2.05, 4.69) is 28.4 Å².